The van der Waals surface area contributed by atoms with Gasteiger partial charge in [0.15, 0.2) is 5.82 Å². The number of methoxy groups -OCH3 is 1. The summed E-state index contributed by atoms with van der Waals surface area (Å²) in [6.07, 6.45) is 11.0. The molecule has 5 atom stereocenters. The van der Waals surface area contributed by atoms with Crippen molar-refractivity contribution in [2.24, 2.45) is 23.5 Å². The molecule has 2 bridgehead atoms. The second-order valence-corrected chi connectivity index (χ2v) is 11.1. The first-order valence-electron chi connectivity index (χ1n) is 13.6. The fourth-order valence-electron chi connectivity index (χ4n) is 6.81. The van der Waals surface area contributed by atoms with Gasteiger partial charge in [0.1, 0.15) is 10.8 Å². The van der Waals surface area contributed by atoms with Crippen LogP contribution < -0.4 is 21.1 Å². The van der Waals surface area contributed by atoms with E-state index in [-0.39, 0.29) is 29.7 Å². The first kappa shape index (κ1) is 25.4. The van der Waals surface area contributed by atoms with E-state index < -0.39 is 0 Å². The van der Waals surface area contributed by atoms with Gasteiger partial charge < -0.3 is 25.8 Å². The van der Waals surface area contributed by atoms with Crippen LogP contribution in [0.3, 0.4) is 0 Å². The van der Waals surface area contributed by atoms with Crippen LogP contribution >= 0.6 is 11.6 Å². The van der Waals surface area contributed by atoms with Crippen LogP contribution in [0.1, 0.15) is 30.4 Å². The predicted octanol–water partition coefficient (Wildman–Crippen LogP) is 3.55. The molecule has 2 heterocycles. The van der Waals surface area contributed by atoms with Crippen molar-refractivity contribution in [1.82, 2.24) is 14.9 Å². The minimum atomic E-state index is -0.298. The highest BCUT2D eigenvalue weighted by Gasteiger charge is 2.47. The van der Waals surface area contributed by atoms with Gasteiger partial charge in [0.25, 0.3) is 0 Å². The maximum absolute atomic E-state index is 12.2. The third kappa shape index (κ3) is 4.83. The monoisotopic (exact) mass is 538 g/mol. The third-order valence-electron chi connectivity index (χ3n) is 8.68. The zero-order valence-corrected chi connectivity index (χ0v) is 22.4. The first-order chi connectivity index (χ1) is 18.5. The Morgan fingerprint density at radius 1 is 1.18 bits per heavy atom. The average molecular weight is 539 g/mol. The number of nitrogens with two attached hydrogens (primary N) is 1. The van der Waals surface area contributed by atoms with Gasteiger partial charge in [-0.05, 0) is 61.1 Å². The van der Waals surface area contributed by atoms with Gasteiger partial charge in [-0.3, -0.25) is 9.69 Å². The van der Waals surface area contributed by atoms with Crippen molar-refractivity contribution in [3.8, 4) is 5.75 Å². The molecule has 4 aliphatic rings. The van der Waals surface area contributed by atoms with Gasteiger partial charge in [-0.15, -0.1) is 0 Å². The molecule has 1 aromatic carbocycles. The minimum absolute atomic E-state index is 0.135. The van der Waals surface area contributed by atoms with Gasteiger partial charge >= 0.3 is 0 Å². The number of aryl methyl sites for hydroxylation is 1. The van der Waals surface area contributed by atoms with Gasteiger partial charge in [-0.25, -0.2) is 4.98 Å². The van der Waals surface area contributed by atoms with Crippen LogP contribution in [0.4, 0.5) is 17.5 Å². The molecule has 1 amide bonds. The highest BCUT2D eigenvalue weighted by Crippen LogP contribution is 2.45. The number of allylic oxidation sites excluding steroid dienone is 1. The summed E-state index contributed by atoms with van der Waals surface area (Å²) in [5.74, 6) is 1.55. The van der Waals surface area contributed by atoms with Crippen molar-refractivity contribution < 1.29 is 14.3 Å². The third-order valence-corrected chi connectivity index (χ3v) is 8.96. The van der Waals surface area contributed by atoms with Crippen LogP contribution in [-0.2, 0) is 22.4 Å². The van der Waals surface area contributed by atoms with E-state index in [2.05, 4.69) is 43.7 Å². The highest BCUT2D eigenvalue weighted by atomic mass is 35.5. The Balaban J connectivity index is 1.21. The molecule has 1 aliphatic heterocycles. The number of halogens is 1. The maximum Gasteiger partial charge on any atom is 0.229 e. The lowest BCUT2D eigenvalue weighted by Crippen LogP contribution is -2.43. The number of amides is 1. The molecule has 2 aromatic rings. The van der Waals surface area contributed by atoms with E-state index >= 15 is 0 Å². The van der Waals surface area contributed by atoms with Crippen molar-refractivity contribution in [2.75, 3.05) is 44.0 Å². The normalized spacial score (nSPS) is 28.5. The Hall–Kier alpha value is -2.88. The number of primary amides is 1. The van der Waals surface area contributed by atoms with E-state index in [4.69, 9.17) is 26.8 Å². The van der Waals surface area contributed by atoms with Gasteiger partial charge in [0.2, 0.25) is 11.9 Å². The molecule has 2 fully saturated rings. The Morgan fingerprint density at radius 3 is 2.76 bits per heavy atom. The van der Waals surface area contributed by atoms with Crippen molar-refractivity contribution in [3.63, 3.8) is 0 Å². The van der Waals surface area contributed by atoms with Crippen LogP contribution in [0.25, 0.3) is 0 Å². The van der Waals surface area contributed by atoms with Gasteiger partial charge in [0, 0.05) is 25.2 Å². The number of ether oxygens (including phenoxy) is 2. The van der Waals surface area contributed by atoms with E-state index in [0.29, 0.717) is 22.8 Å². The van der Waals surface area contributed by atoms with Crippen molar-refractivity contribution >= 4 is 35.0 Å². The topological polar surface area (TPSA) is 115 Å². The molecule has 1 aromatic heterocycles. The number of hydrogen-bond donors (Lipinski definition) is 3. The zero-order valence-electron chi connectivity index (χ0n) is 21.7. The number of carbonyl (C=O) groups is 1. The van der Waals surface area contributed by atoms with Crippen molar-refractivity contribution in [2.45, 2.75) is 44.2 Å². The second-order valence-electron chi connectivity index (χ2n) is 10.7. The van der Waals surface area contributed by atoms with E-state index in [1.165, 1.54) is 11.1 Å². The molecule has 9 nitrogen and oxygen atoms in total. The number of benzene rings is 1. The Kier molecular flexibility index (Phi) is 7.16. The first-order valence-corrected chi connectivity index (χ1v) is 13.9. The summed E-state index contributed by atoms with van der Waals surface area (Å²) in [5.41, 5.74) is 9.14. The molecule has 10 heteroatoms. The largest absolute Gasteiger partial charge is 0.494 e. The van der Waals surface area contributed by atoms with Crippen LogP contribution in [-0.4, -0.2) is 66.3 Å². The van der Waals surface area contributed by atoms with Crippen LogP contribution in [0.5, 0.6) is 5.75 Å². The SMILES string of the molecule is COc1c(Nc2ncc(Cl)c(NC3[C@H](C(N)=O)C4C=C[C@@H]3C4)n2)ccc2c1CCC(N1CCOCC1)CC2. The van der Waals surface area contributed by atoms with Crippen molar-refractivity contribution in [1.29, 1.82) is 0 Å². The number of nitrogens with one attached hydrogen (secondary N) is 2. The smallest absolute Gasteiger partial charge is 0.229 e. The van der Waals surface area contributed by atoms with Gasteiger partial charge in [0.05, 0.1) is 38.1 Å². The molecule has 6 rings (SSSR count). The molecule has 0 radical (unpaired) electrons. The molecule has 1 saturated carbocycles. The summed E-state index contributed by atoms with van der Waals surface area (Å²) in [4.78, 5) is 23.8. The quantitative estimate of drug-likeness (QED) is 0.362. The van der Waals surface area contributed by atoms with Crippen LogP contribution in [0, 0.1) is 17.8 Å². The average Bonchev–Trinajstić information content (AvgIpc) is 3.46. The standard InChI is InChI=1S/C28H35ClN6O3/c1-37-25-20-8-7-19(35-10-12-38-13-11-35)6-4-16(20)5-9-22(25)32-28-31-15-21(29)27(34-28)33-24-18-3-2-17(14-18)23(24)26(30)36/h2-3,5,9,15,17-19,23-24H,4,6-8,10-14H2,1H3,(H2,30,36)(H2,31,32,33,34)/t17?,18-,19?,23-,24?/m1/s1. The molecule has 4 N–H and O–H groups in total. The molecule has 38 heavy (non-hydrogen) atoms. The maximum atomic E-state index is 12.2. The Morgan fingerprint density at radius 2 is 1.97 bits per heavy atom. The zero-order chi connectivity index (χ0) is 26.2. The summed E-state index contributed by atoms with van der Waals surface area (Å²) in [5, 5.41) is 7.15. The highest BCUT2D eigenvalue weighted by molar-refractivity contribution is 6.32. The summed E-state index contributed by atoms with van der Waals surface area (Å²) in [7, 11) is 1.72. The fourth-order valence-corrected chi connectivity index (χ4v) is 6.95. The number of rotatable bonds is 7. The number of aromatic nitrogens is 2. The van der Waals surface area contributed by atoms with Crippen molar-refractivity contribution in [3.05, 3.63) is 46.6 Å². The molecule has 3 aliphatic carbocycles. The molecule has 1 saturated heterocycles. The van der Waals surface area contributed by atoms with E-state index in [9.17, 15) is 4.79 Å². The summed E-state index contributed by atoms with van der Waals surface area (Å²) >= 11 is 6.47. The number of anilines is 3. The molecule has 0 spiro atoms. The number of hydrogen-bond acceptors (Lipinski definition) is 8. The van der Waals surface area contributed by atoms with E-state index in [1.807, 2.05) is 6.07 Å². The summed E-state index contributed by atoms with van der Waals surface area (Å²) < 4.78 is 11.5. The van der Waals surface area contributed by atoms with Gasteiger partial charge in [-0.2, -0.15) is 4.98 Å². The van der Waals surface area contributed by atoms with E-state index in [1.54, 1.807) is 13.3 Å². The molecule has 3 unspecified atom stereocenters. The second kappa shape index (κ2) is 10.7. The lowest BCUT2D eigenvalue weighted by atomic mass is 9.88. The fraction of sp³-hybridized carbons (Fsp3) is 0.536. The molecular weight excluding hydrogens is 504 g/mol. The molecular formula is C28H35ClN6O3. The number of morpholine rings is 1. The van der Waals surface area contributed by atoms with Crippen LogP contribution in [0.15, 0.2) is 30.5 Å². The van der Waals surface area contributed by atoms with E-state index in [0.717, 1.165) is 69.8 Å². The van der Waals surface area contributed by atoms with Crippen LogP contribution in [0.2, 0.25) is 5.02 Å². The Labute approximate surface area is 228 Å². The Bertz CT molecular complexity index is 1230. The lowest BCUT2D eigenvalue weighted by Gasteiger charge is -2.34. The number of fused-ring (bicyclic) bond motifs is 3. The number of nitrogens with zero attached hydrogens (tertiary/aromatic N) is 3. The molecule has 202 valence electrons. The minimum Gasteiger partial charge on any atom is -0.494 e. The number of carbonyl (C=O) groups excluding carboxylic acids is 1. The summed E-state index contributed by atoms with van der Waals surface area (Å²) in [6.45, 7) is 3.66. The summed E-state index contributed by atoms with van der Waals surface area (Å²) in [6, 6.07) is 4.66. The van der Waals surface area contributed by atoms with Gasteiger partial charge in [-0.1, -0.05) is 29.8 Å². The predicted molar refractivity (Wildman–Crippen MR) is 147 cm³/mol. The lowest BCUT2D eigenvalue weighted by molar-refractivity contribution is -0.122.